The van der Waals surface area contributed by atoms with E-state index in [1.807, 2.05) is 0 Å². The van der Waals surface area contributed by atoms with Gasteiger partial charge in [0.2, 0.25) is 0 Å². The van der Waals surface area contributed by atoms with Crippen LogP contribution in [0.2, 0.25) is 0 Å². The van der Waals surface area contributed by atoms with Crippen molar-refractivity contribution in [3.63, 3.8) is 0 Å². The molecule has 0 amide bonds. The maximum absolute atomic E-state index is 12.1. The molecule has 3 N–H and O–H groups in total. The highest BCUT2D eigenvalue weighted by molar-refractivity contribution is 5.84. The molecular weight excluding hydrogens is 320 g/mol. The van der Waals surface area contributed by atoms with Gasteiger partial charge in [0, 0.05) is 18.8 Å². The number of rotatable bonds is 11. The number of carbonyl (C=O) groups excluding carboxylic acids is 1. The molecular formula is C20H32O5. The van der Waals surface area contributed by atoms with Crippen LogP contribution in [0.5, 0.6) is 0 Å². The van der Waals surface area contributed by atoms with Crippen molar-refractivity contribution in [3.8, 4) is 11.8 Å². The van der Waals surface area contributed by atoms with Gasteiger partial charge in [0.05, 0.1) is 12.0 Å². The fraction of sp³-hybridized carbons (Fsp3) is 0.800. The lowest BCUT2D eigenvalue weighted by molar-refractivity contribution is -0.137. The van der Waals surface area contributed by atoms with E-state index in [2.05, 4.69) is 18.8 Å². The molecule has 0 bridgehead atoms. The molecule has 1 saturated carbocycles. The van der Waals surface area contributed by atoms with Gasteiger partial charge in [-0.1, -0.05) is 50.9 Å². The Morgan fingerprint density at radius 3 is 2.60 bits per heavy atom. The van der Waals surface area contributed by atoms with Gasteiger partial charge in [-0.2, -0.15) is 0 Å². The molecule has 0 saturated heterocycles. The van der Waals surface area contributed by atoms with Crippen LogP contribution in [-0.2, 0) is 9.59 Å². The Hall–Kier alpha value is -1.38. The van der Waals surface area contributed by atoms with Gasteiger partial charge >= 0.3 is 5.97 Å². The number of aliphatic hydroxyl groups is 2. The molecule has 142 valence electrons. The predicted octanol–water partition coefficient (Wildman–Crippen LogP) is 2.92. The van der Waals surface area contributed by atoms with Gasteiger partial charge in [0.15, 0.2) is 0 Å². The number of hydrogen-bond acceptors (Lipinski definition) is 4. The van der Waals surface area contributed by atoms with Crippen molar-refractivity contribution in [1.82, 2.24) is 0 Å². The molecule has 4 atom stereocenters. The van der Waals surface area contributed by atoms with E-state index in [4.69, 9.17) is 5.11 Å². The molecule has 0 unspecified atom stereocenters. The fourth-order valence-electron chi connectivity index (χ4n) is 3.34. The lowest BCUT2D eigenvalue weighted by Gasteiger charge is -2.15. The molecule has 1 fully saturated rings. The van der Waals surface area contributed by atoms with Crippen LogP contribution in [0, 0.1) is 23.7 Å². The topological polar surface area (TPSA) is 94.8 Å². The second kappa shape index (κ2) is 12.1. The number of aliphatic hydroxyl groups excluding tert-OH is 2. The lowest BCUT2D eigenvalue weighted by atomic mass is 9.89. The number of aliphatic carboxylic acids is 1. The number of ketones is 1. The standard InChI is InChI=1S/C20H32O5/c1-2-3-6-9-15(21)12-13-17-16(18(22)14-19(17)23)10-7-4-5-8-11-20(24)25/h15-17,19,21,23H,2-11,14H2,1H3,(H,24,25)/t15-,16+,17-,19+/m0/s1. The van der Waals surface area contributed by atoms with E-state index < -0.39 is 18.2 Å². The first kappa shape index (κ1) is 21.7. The summed E-state index contributed by atoms with van der Waals surface area (Å²) in [4.78, 5) is 22.6. The number of hydrogen-bond donors (Lipinski definition) is 3. The first-order valence-electron chi connectivity index (χ1n) is 9.57. The van der Waals surface area contributed by atoms with E-state index in [1.54, 1.807) is 0 Å². The van der Waals surface area contributed by atoms with E-state index in [1.165, 1.54) is 0 Å². The highest BCUT2D eigenvalue weighted by atomic mass is 16.4. The van der Waals surface area contributed by atoms with Crippen LogP contribution >= 0.6 is 0 Å². The Labute approximate surface area is 150 Å². The second-order valence-corrected chi connectivity index (χ2v) is 7.02. The Kier molecular flexibility index (Phi) is 10.4. The average molecular weight is 352 g/mol. The van der Waals surface area contributed by atoms with Gasteiger partial charge < -0.3 is 15.3 Å². The first-order valence-corrected chi connectivity index (χ1v) is 9.57. The van der Waals surface area contributed by atoms with Crippen molar-refractivity contribution in [2.24, 2.45) is 11.8 Å². The largest absolute Gasteiger partial charge is 0.481 e. The lowest BCUT2D eigenvalue weighted by Crippen LogP contribution is -2.19. The summed E-state index contributed by atoms with van der Waals surface area (Å²) < 4.78 is 0. The van der Waals surface area contributed by atoms with Gasteiger partial charge in [-0.05, 0) is 25.7 Å². The van der Waals surface area contributed by atoms with Crippen LogP contribution in [-0.4, -0.2) is 39.3 Å². The van der Waals surface area contributed by atoms with Crippen LogP contribution in [0.1, 0.15) is 77.6 Å². The zero-order valence-corrected chi connectivity index (χ0v) is 15.2. The molecule has 5 heteroatoms. The SMILES string of the molecule is CCCCC[C@H](O)C#C[C@@H]1[C@H](O)CC(=O)[C@@H]1CCCCCCC(=O)O. The van der Waals surface area contributed by atoms with Gasteiger partial charge in [-0.15, -0.1) is 0 Å². The summed E-state index contributed by atoms with van der Waals surface area (Å²) in [6.07, 6.45) is 6.50. The van der Waals surface area contributed by atoms with Crippen molar-refractivity contribution in [2.75, 3.05) is 0 Å². The molecule has 1 aliphatic rings. The van der Waals surface area contributed by atoms with E-state index >= 15 is 0 Å². The summed E-state index contributed by atoms with van der Waals surface area (Å²) in [7, 11) is 0. The Balaban J connectivity index is 2.42. The van der Waals surface area contributed by atoms with Crippen molar-refractivity contribution in [1.29, 1.82) is 0 Å². The van der Waals surface area contributed by atoms with Crippen molar-refractivity contribution in [2.45, 2.75) is 89.8 Å². The number of Topliss-reactive ketones (excluding diaryl/α,β-unsaturated/α-hetero) is 1. The number of unbranched alkanes of at least 4 members (excludes halogenated alkanes) is 5. The van der Waals surface area contributed by atoms with Gasteiger partial charge in [-0.25, -0.2) is 0 Å². The van der Waals surface area contributed by atoms with Crippen molar-refractivity contribution < 1.29 is 24.9 Å². The van der Waals surface area contributed by atoms with Crippen LogP contribution in [0.15, 0.2) is 0 Å². The van der Waals surface area contributed by atoms with E-state index in [0.29, 0.717) is 19.3 Å². The van der Waals surface area contributed by atoms with E-state index in [9.17, 15) is 19.8 Å². The molecule has 0 aromatic carbocycles. The first-order chi connectivity index (χ1) is 12.0. The summed E-state index contributed by atoms with van der Waals surface area (Å²) in [6.45, 7) is 2.10. The summed E-state index contributed by atoms with van der Waals surface area (Å²) in [5, 5.41) is 28.6. The Bertz CT molecular complexity index is 476. The number of carboxylic acids is 1. The van der Waals surface area contributed by atoms with E-state index in [0.717, 1.165) is 38.5 Å². The highest BCUT2D eigenvalue weighted by Gasteiger charge is 2.40. The number of carboxylic acid groups (broad SMARTS) is 1. The van der Waals surface area contributed by atoms with E-state index in [-0.39, 0.29) is 30.5 Å². The van der Waals surface area contributed by atoms with Crippen LogP contribution in [0.4, 0.5) is 0 Å². The molecule has 0 radical (unpaired) electrons. The third-order valence-corrected chi connectivity index (χ3v) is 4.83. The summed E-state index contributed by atoms with van der Waals surface area (Å²) >= 11 is 0. The van der Waals surface area contributed by atoms with Gasteiger partial charge in [-0.3, -0.25) is 9.59 Å². The molecule has 0 heterocycles. The summed E-state index contributed by atoms with van der Waals surface area (Å²) in [5.74, 6) is 4.41. The monoisotopic (exact) mass is 352 g/mol. The van der Waals surface area contributed by atoms with Crippen LogP contribution < -0.4 is 0 Å². The van der Waals surface area contributed by atoms with Crippen molar-refractivity contribution in [3.05, 3.63) is 0 Å². The van der Waals surface area contributed by atoms with Crippen molar-refractivity contribution >= 4 is 11.8 Å². The Morgan fingerprint density at radius 2 is 1.92 bits per heavy atom. The zero-order chi connectivity index (χ0) is 18.7. The quantitative estimate of drug-likeness (QED) is 0.392. The minimum Gasteiger partial charge on any atom is -0.481 e. The third kappa shape index (κ3) is 8.51. The van der Waals surface area contributed by atoms with Crippen LogP contribution in [0.25, 0.3) is 0 Å². The molecule has 1 rings (SSSR count). The second-order valence-electron chi connectivity index (χ2n) is 7.02. The zero-order valence-electron chi connectivity index (χ0n) is 15.2. The fourth-order valence-corrected chi connectivity index (χ4v) is 3.34. The molecule has 25 heavy (non-hydrogen) atoms. The maximum Gasteiger partial charge on any atom is 0.303 e. The minimum atomic E-state index is -0.776. The normalized spacial score (nSPS) is 24.0. The summed E-state index contributed by atoms with van der Waals surface area (Å²) in [5.41, 5.74) is 0. The molecule has 1 aliphatic carbocycles. The van der Waals surface area contributed by atoms with Crippen LogP contribution in [0.3, 0.4) is 0 Å². The molecule has 5 nitrogen and oxygen atoms in total. The maximum atomic E-state index is 12.1. The minimum absolute atomic E-state index is 0.0535. The third-order valence-electron chi connectivity index (χ3n) is 4.83. The van der Waals surface area contributed by atoms with Gasteiger partial charge in [0.25, 0.3) is 0 Å². The highest BCUT2D eigenvalue weighted by Crippen LogP contribution is 2.33. The smallest absolute Gasteiger partial charge is 0.303 e. The van der Waals surface area contributed by atoms with Gasteiger partial charge in [0.1, 0.15) is 11.9 Å². The predicted molar refractivity (Wildman–Crippen MR) is 95.9 cm³/mol. The molecule has 0 spiro atoms. The summed E-state index contributed by atoms with van der Waals surface area (Å²) in [6, 6.07) is 0. The molecule has 0 aromatic heterocycles. The average Bonchev–Trinajstić information content (AvgIpc) is 2.82. The Morgan fingerprint density at radius 1 is 1.20 bits per heavy atom. The molecule has 0 aromatic rings. The molecule has 0 aliphatic heterocycles. The number of carbonyl (C=O) groups is 2.